The van der Waals surface area contributed by atoms with Gasteiger partial charge in [-0.1, -0.05) is 57.1 Å². The SMILES string of the molecule is CCCCCCN1C(=O)/C(=C\c2c(C)c(C#N)c(=O)n(CCC)c2N2CCCCC2)SC1=S. The number of hydrogen-bond acceptors (Lipinski definition) is 6. The monoisotopic (exact) mass is 486 g/mol. The van der Waals surface area contributed by atoms with E-state index in [1.807, 2.05) is 19.9 Å². The summed E-state index contributed by atoms with van der Waals surface area (Å²) in [5.41, 5.74) is 1.36. The van der Waals surface area contributed by atoms with Gasteiger partial charge in [0.1, 0.15) is 21.8 Å². The molecule has 2 fully saturated rings. The van der Waals surface area contributed by atoms with Gasteiger partial charge in [-0.25, -0.2) is 0 Å². The summed E-state index contributed by atoms with van der Waals surface area (Å²) in [4.78, 5) is 30.9. The van der Waals surface area contributed by atoms with E-state index in [9.17, 15) is 14.9 Å². The Morgan fingerprint density at radius 3 is 2.42 bits per heavy atom. The minimum absolute atomic E-state index is 0.0720. The van der Waals surface area contributed by atoms with E-state index in [1.165, 1.54) is 18.2 Å². The van der Waals surface area contributed by atoms with Gasteiger partial charge in [0.15, 0.2) is 0 Å². The van der Waals surface area contributed by atoms with Gasteiger partial charge in [-0.05, 0) is 50.7 Å². The topological polar surface area (TPSA) is 69.3 Å². The lowest BCUT2D eigenvalue weighted by atomic mass is 10.0. The number of hydrogen-bond donors (Lipinski definition) is 0. The van der Waals surface area contributed by atoms with Crippen LogP contribution in [-0.2, 0) is 11.3 Å². The van der Waals surface area contributed by atoms with E-state index in [4.69, 9.17) is 12.2 Å². The number of unbranched alkanes of at least 4 members (excludes halogenated alkanes) is 3. The first-order valence-corrected chi connectivity index (χ1v) is 13.3. The number of carbonyl (C=O) groups is 1. The van der Waals surface area contributed by atoms with E-state index >= 15 is 0 Å². The van der Waals surface area contributed by atoms with Crippen molar-refractivity contribution in [2.24, 2.45) is 0 Å². The lowest BCUT2D eigenvalue weighted by Crippen LogP contribution is -2.37. The first-order chi connectivity index (χ1) is 15.9. The van der Waals surface area contributed by atoms with Crippen LogP contribution in [0.2, 0.25) is 0 Å². The first kappa shape index (κ1) is 25.5. The van der Waals surface area contributed by atoms with Gasteiger partial charge in [-0.15, -0.1) is 0 Å². The highest BCUT2D eigenvalue weighted by molar-refractivity contribution is 8.26. The fourth-order valence-corrected chi connectivity index (χ4v) is 5.83. The minimum Gasteiger partial charge on any atom is -0.357 e. The quantitative estimate of drug-likeness (QED) is 0.271. The minimum atomic E-state index is -0.238. The number of thioether (sulfide) groups is 1. The van der Waals surface area contributed by atoms with Crippen molar-refractivity contribution in [1.29, 1.82) is 5.26 Å². The van der Waals surface area contributed by atoms with Crippen LogP contribution in [0.1, 0.15) is 81.9 Å². The lowest BCUT2D eigenvalue weighted by molar-refractivity contribution is -0.122. The van der Waals surface area contributed by atoms with Gasteiger partial charge in [0.25, 0.3) is 11.5 Å². The molecule has 6 nitrogen and oxygen atoms in total. The van der Waals surface area contributed by atoms with Crippen molar-refractivity contribution in [2.75, 3.05) is 24.5 Å². The Balaban J connectivity index is 2.08. The largest absolute Gasteiger partial charge is 0.357 e. The van der Waals surface area contributed by atoms with Crippen molar-refractivity contribution in [1.82, 2.24) is 9.47 Å². The number of aromatic nitrogens is 1. The summed E-state index contributed by atoms with van der Waals surface area (Å²) < 4.78 is 2.33. The number of pyridine rings is 1. The molecule has 2 aliphatic heterocycles. The van der Waals surface area contributed by atoms with E-state index in [2.05, 4.69) is 17.9 Å². The summed E-state index contributed by atoms with van der Waals surface area (Å²) in [7, 11) is 0. The number of rotatable bonds is 9. The summed E-state index contributed by atoms with van der Waals surface area (Å²) in [6.07, 6.45) is 10.3. The molecule has 2 aliphatic rings. The third-order valence-electron chi connectivity index (χ3n) is 6.33. The third kappa shape index (κ3) is 5.52. The molecule has 3 rings (SSSR count). The van der Waals surface area contributed by atoms with E-state index in [-0.39, 0.29) is 17.0 Å². The van der Waals surface area contributed by atoms with Gasteiger partial charge in [-0.3, -0.25) is 19.1 Å². The highest BCUT2D eigenvalue weighted by Crippen LogP contribution is 2.36. The molecule has 0 aromatic carbocycles. The van der Waals surface area contributed by atoms with Crippen LogP contribution < -0.4 is 10.5 Å². The van der Waals surface area contributed by atoms with Gasteiger partial charge in [-0.2, -0.15) is 5.26 Å². The van der Waals surface area contributed by atoms with Crippen molar-refractivity contribution >= 4 is 46.1 Å². The molecular weight excluding hydrogens is 452 g/mol. The molecule has 0 N–H and O–H groups in total. The summed E-state index contributed by atoms with van der Waals surface area (Å²) in [6, 6.07) is 2.12. The summed E-state index contributed by atoms with van der Waals surface area (Å²) >= 11 is 6.85. The molecule has 1 aromatic heterocycles. The molecule has 1 amide bonds. The Morgan fingerprint density at radius 2 is 1.79 bits per heavy atom. The smallest absolute Gasteiger partial charge is 0.270 e. The number of nitriles is 1. The second-order valence-electron chi connectivity index (χ2n) is 8.75. The van der Waals surface area contributed by atoms with Crippen LogP contribution in [0.3, 0.4) is 0 Å². The van der Waals surface area contributed by atoms with Gasteiger partial charge in [0.2, 0.25) is 0 Å². The zero-order valence-corrected chi connectivity index (χ0v) is 21.6. The van der Waals surface area contributed by atoms with Crippen LogP contribution in [0.25, 0.3) is 6.08 Å². The van der Waals surface area contributed by atoms with E-state index in [0.29, 0.717) is 27.9 Å². The molecule has 178 valence electrons. The van der Waals surface area contributed by atoms with Crippen molar-refractivity contribution < 1.29 is 4.79 Å². The number of carbonyl (C=O) groups excluding carboxylic acids is 1. The molecule has 2 saturated heterocycles. The van der Waals surface area contributed by atoms with Gasteiger partial charge >= 0.3 is 0 Å². The van der Waals surface area contributed by atoms with Crippen LogP contribution in [0.5, 0.6) is 0 Å². The predicted octanol–water partition coefficient (Wildman–Crippen LogP) is 5.21. The van der Waals surface area contributed by atoms with Crippen LogP contribution in [0.15, 0.2) is 9.70 Å². The standard InChI is InChI=1S/C25H34N4O2S2/c1-4-6-7-11-15-29-24(31)21(33-25(29)32)16-19-18(3)20(17-26)23(30)28(12-5-2)22(19)27-13-9-8-10-14-27/h16H,4-15H2,1-3H3/b21-16+. The molecule has 0 radical (unpaired) electrons. The van der Waals surface area contributed by atoms with Crippen molar-refractivity contribution in [3.05, 3.63) is 31.9 Å². The Hall–Kier alpha value is -2.11. The lowest BCUT2D eigenvalue weighted by Gasteiger charge is -2.33. The Morgan fingerprint density at radius 1 is 1.06 bits per heavy atom. The number of piperidine rings is 1. The molecular formula is C25H34N4O2S2. The number of thiocarbonyl (C=S) groups is 1. The third-order valence-corrected chi connectivity index (χ3v) is 7.71. The van der Waals surface area contributed by atoms with Crippen LogP contribution in [0, 0.1) is 18.3 Å². The maximum atomic E-state index is 13.2. The van der Waals surface area contributed by atoms with E-state index < -0.39 is 0 Å². The molecule has 0 aliphatic carbocycles. The van der Waals surface area contributed by atoms with Gasteiger partial charge in [0, 0.05) is 31.7 Å². The summed E-state index contributed by atoms with van der Waals surface area (Å²) in [6.45, 7) is 8.93. The molecule has 33 heavy (non-hydrogen) atoms. The average Bonchev–Trinajstić information content (AvgIpc) is 3.08. The number of amides is 1. The zero-order valence-electron chi connectivity index (χ0n) is 20.0. The highest BCUT2D eigenvalue weighted by atomic mass is 32.2. The molecule has 0 spiro atoms. The Bertz CT molecular complexity index is 1030. The predicted molar refractivity (Wildman–Crippen MR) is 141 cm³/mol. The van der Waals surface area contributed by atoms with Crippen molar-refractivity contribution in [3.8, 4) is 6.07 Å². The first-order valence-electron chi connectivity index (χ1n) is 12.1. The molecule has 3 heterocycles. The zero-order chi connectivity index (χ0) is 24.0. The van der Waals surface area contributed by atoms with Crippen LogP contribution >= 0.6 is 24.0 Å². The van der Waals surface area contributed by atoms with Gasteiger partial charge in [0.05, 0.1) is 4.91 Å². The second-order valence-corrected chi connectivity index (χ2v) is 10.4. The molecule has 0 atom stereocenters. The number of nitrogens with zero attached hydrogens (tertiary/aromatic N) is 4. The maximum Gasteiger partial charge on any atom is 0.270 e. The molecule has 0 bridgehead atoms. The van der Waals surface area contributed by atoms with Crippen molar-refractivity contribution in [2.45, 2.75) is 78.7 Å². The highest BCUT2D eigenvalue weighted by Gasteiger charge is 2.33. The molecule has 1 aromatic rings. The van der Waals surface area contributed by atoms with E-state index in [0.717, 1.165) is 69.4 Å². The fraction of sp³-hybridized carbons (Fsp3) is 0.600. The van der Waals surface area contributed by atoms with E-state index in [1.54, 1.807) is 9.47 Å². The van der Waals surface area contributed by atoms with Crippen LogP contribution in [-0.4, -0.2) is 39.3 Å². The molecule has 8 heteroatoms. The van der Waals surface area contributed by atoms with Crippen molar-refractivity contribution in [3.63, 3.8) is 0 Å². The summed E-state index contributed by atoms with van der Waals surface area (Å²) in [5.74, 6) is 0.767. The maximum absolute atomic E-state index is 13.2. The number of anilines is 1. The molecule has 0 unspecified atom stereocenters. The fourth-order valence-electron chi connectivity index (χ4n) is 4.54. The average molecular weight is 487 g/mol. The van der Waals surface area contributed by atoms with Crippen LogP contribution in [0.4, 0.5) is 5.82 Å². The molecule has 0 saturated carbocycles. The Kier molecular flexibility index (Phi) is 9.16. The summed E-state index contributed by atoms with van der Waals surface area (Å²) in [5, 5.41) is 9.76. The normalized spacial score (nSPS) is 17.8. The van der Waals surface area contributed by atoms with Gasteiger partial charge < -0.3 is 4.90 Å². The Labute approximate surface area is 206 Å². The second kappa shape index (κ2) is 11.8.